The molecule has 0 radical (unpaired) electrons. The average molecular weight is 388 g/mol. The highest BCUT2D eigenvalue weighted by Crippen LogP contribution is 2.26. The Kier molecular flexibility index (Phi) is 5.10. The number of fused-ring (bicyclic) bond motifs is 1. The van der Waals surface area contributed by atoms with E-state index in [1.165, 1.54) is 18.9 Å². The van der Waals surface area contributed by atoms with Gasteiger partial charge in [-0.1, -0.05) is 17.8 Å². The fourth-order valence-corrected chi connectivity index (χ4v) is 4.02. The predicted octanol–water partition coefficient (Wildman–Crippen LogP) is 2.45. The van der Waals surface area contributed by atoms with Gasteiger partial charge in [0.2, 0.25) is 10.7 Å². The molecule has 26 heavy (non-hydrogen) atoms. The second-order valence-corrected chi connectivity index (χ2v) is 6.86. The van der Waals surface area contributed by atoms with Crippen molar-refractivity contribution in [3.63, 3.8) is 0 Å². The van der Waals surface area contributed by atoms with Gasteiger partial charge in [0.05, 0.1) is 12.7 Å². The number of thioether (sulfide) groups is 1. The van der Waals surface area contributed by atoms with E-state index in [4.69, 9.17) is 10.5 Å². The van der Waals surface area contributed by atoms with Crippen molar-refractivity contribution in [2.45, 2.75) is 11.6 Å². The number of ketones is 1. The van der Waals surface area contributed by atoms with Gasteiger partial charge >= 0.3 is 0 Å². The van der Waals surface area contributed by atoms with Gasteiger partial charge < -0.3 is 10.5 Å². The van der Waals surface area contributed by atoms with Gasteiger partial charge in [-0.3, -0.25) is 9.59 Å². The van der Waals surface area contributed by atoms with Gasteiger partial charge in [0.15, 0.2) is 10.9 Å². The summed E-state index contributed by atoms with van der Waals surface area (Å²) in [5.41, 5.74) is 7.16. The molecule has 0 unspecified atom stereocenters. The van der Waals surface area contributed by atoms with Crippen molar-refractivity contribution < 1.29 is 9.53 Å². The maximum atomic E-state index is 12.4. The number of carbonyl (C=O) groups is 1. The van der Waals surface area contributed by atoms with Crippen LogP contribution in [0.5, 0.6) is 0 Å². The van der Waals surface area contributed by atoms with Crippen LogP contribution in [0.3, 0.4) is 0 Å². The smallest absolute Gasteiger partial charge is 0.283 e. The van der Waals surface area contributed by atoms with Crippen LogP contribution in [-0.4, -0.2) is 32.9 Å². The molecule has 0 saturated carbocycles. The maximum Gasteiger partial charge on any atom is 0.283 e. The first-order chi connectivity index (χ1) is 12.5. The molecule has 0 spiro atoms. The van der Waals surface area contributed by atoms with Crippen LogP contribution in [0.1, 0.15) is 12.0 Å². The molecule has 0 aromatic carbocycles. The van der Waals surface area contributed by atoms with E-state index in [0.29, 0.717) is 27.7 Å². The van der Waals surface area contributed by atoms with Crippen LogP contribution in [0, 0.1) is 0 Å². The van der Waals surface area contributed by atoms with Crippen molar-refractivity contribution in [2.75, 3.05) is 19.1 Å². The molecular formula is C17H16N4O3S2. The number of ether oxygens (including phenoxy) is 1. The number of nitrogen functional groups attached to an aromatic ring is 1. The average Bonchev–Trinajstić information content (AvgIpc) is 3.04. The molecule has 0 aliphatic heterocycles. The zero-order valence-electron chi connectivity index (χ0n) is 14.2. The number of rotatable bonds is 5. The second kappa shape index (κ2) is 7.30. The van der Waals surface area contributed by atoms with Crippen LogP contribution in [0.25, 0.3) is 11.0 Å². The van der Waals surface area contributed by atoms with Crippen LogP contribution >= 0.6 is 23.3 Å². The molecule has 3 rings (SSSR count). The van der Waals surface area contributed by atoms with Gasteiger partial charge in [-0.05, 0) is 36.5 Å². The molecule has 1 aliphatic carbocycles. The van der Waals surface area contributed by atoms with Crippen LogP contribution in [0.2, 0.25) is 0 Å². The first kappa shape index (κ1) is 18.2. The quantitative estimate of drug-likeness (QED) is 0.620. The number of hydrogen-bond donors (Lipinski definition) is 1. The lowest BCUT2D eigenvalue weighted by atomic mass is 9.95. The van der Waals surface area contributed by atoms with Crippen molar-refractivity contribution in [2.24, 2.45) is 0 Å². The largest absolute Gasteiger partial charge is 0.493 e. The molecule has 7 nitrogen and oxygen atoms in total. The molecule has 0 fully saturated rings. The van der Waals surface area contributed by atoms with Crippen molar-refractivity contribution in [3.8, 4) is 0 Å². The van der Waals surface area contributed by atoms with E-state index < -0.39 is 5.56 Å². The van der Waals surface area contributed by atoms with Gasteiger partial charge in [-0.2, -0.15) is 9.36 Å². The van der Waals surface area contributed by atoms with Gasteiger partial charge in [0.25, 0.3) is 5.56 Å². The van der Waals surface area contributed by atoms with E-state index in [-0.39, 0.29) is 22.9 Å². The van der Waals surface area contributed by atoms with Crippen molar-refractivity contribution in [3.05, 3.63) is 57.6 Å². The summed E-state index contributed by atoms with van der Waals surface area (Å²) in [6, 6.07) is 0. The number of carbonyl (C=O) groups excluding carboxylic acids is 1. The Labute approximate surface area is 157 Å². The Hall–Kier alpha value is -2.65. The van der Waals surface area contributed by atoms with Crippen LogP contribution in [0.15, 0.2) is 51.7 Å². The summed E-state index contributed by atoms with van der Waals surface area (Å²) in [7, 11) is 1.43. The first-order valence-corrected chi connectivity index (χ1v) is 9.55. The fraction of sp³-hybridized carbons (Fsp3) is 0.176. The highest BCUT2D eigenvalue weighted by Gasteiger charge is 2.21. The summed E-state index contributed by atoms with van der Waals surface area (Å²) in [5, 5.41) is 0.657. The van der Waals surface area contributed by atoms with E-state index in [0.717, 1.165) is 11.5 Å². The second-order valence-electron chi connectivity index (χ2n) is 5.35. The molecule has 0 saturated heterocycles. The highest BCUT2D eigenvalue weighted by atomic mass is 32.2. The summed E-state index contributed by atoms with van der Waals surface area (Å²) in [6.07, 6.45) is 8.78. The number of anilines is 1. The third-order valence-corrected chi connectivity index (χ3v) is 5.22. The zero-order valence-corrected chi connectivity index (χ0v) is 15.8. The lowest BCUT2D eigenvalue weighted by Gasteiger charge is -2.14. The minimum Gasteiger partial charge on any atom is -0.493 e. The molecule has 0 atom stereocenters. The molecule has 1 aliphatic rings. The predicted molar refractivity (Wildman–Crippen MR) is 104 cm³/mol. The summed E-state index contributed by atoms with van der Waals surface area (Å²) in [4.78, 5) is 29.2. The number of nitrogens with two attached hydrogens (primary N) is 1. The van der Waals surface area contributed by atoms with Crippen LogP contribution in [-0.2, 0) is 9.53 Å². The van der Waals surface area contributed by atoms with Gasteiger partial charge in [-0.25, -0.2) is 4.40 Å². The number of nitrogens with zero attached hydrogens (tertiary/aromatic N) is 3. The van der Waals surface area contributed by atoms with Crippen molar-refractivity contribution in [1.82, 2.24) is 13.8 Å². The third kappa shape index (κ3) is 3.11. The van der Waals surface area contributed by atoms with Gasteiger partial charge in [-0.15, -0.1) is 6.58 Å². The highest BCUT2D eigenvalue weighted by molar-refractivity contribution is 7.98. The van der Waals surface area contributed by atoms with Crippen LogP contribution in [0.4, 0.5) is 5.82 Å². The van der Waals surface area contributed by atoms with E-state index >= 15 is 0 Å². The number of allylic oxidation sites excluding steroid dienone is 5. The molecule has 9 heteroatoms. The Balaban J connectivity index is 2.20. The SMILES string of the molecule is C=CCC1=CC(=Cc2c(N)n3c(SC)nsc3nc2=O)C=C(OC)C1=O. The summed E-state index contributed by atoms with van der Waals surface area (Å²) < 4.78 is 11.0. The monoisotopic (exact) mass is 388 g/mol. The minimum absolute atomic E-state index is 0.199. The number of Topliss-reactive ketones (excluding diaryl/α,β-unsaturated/α-hetero) is 1. The topological polar surface area (TPSA) is 99.6 Å². The van der Waals surface area contributed by atoms with E-state index in [1.54, 1.807) is 28.7 Å². The standard InChI is InChI=1S/C17H16N4O3S2/c1-4-5-10-6-9(8-12(24-2)13(10)22)7-11-14(18)21-16(19-15(11)23)26-20-17(21)25-3/h4,6-8H,1,5,18H2,2-3H3. The molecular weight excluding hydrogens is 372 g/mol. The summed E-state index contributed by atoms with van der Waals surface area (Å²) >= 11 is 2.52. The van der Waals surface area contributed by atoms with Crippen molar-refractivity contribution >= 4 is 45.9 Å². The lowest BCUT2D eigenvalue weighted by Crippen LogP contribution is -2.17. The molecule has 0 amide bonds. The van der Waals surface area contributed by atoms with Gasteiger partial charge in [0.1, 0.15) is 5.82 Å². The summed E-state index contributed by atoms with van der Waals surface area (Å²) in [5.74, 6) is 0.258. The van der Waals surface area contributed by atoms with E-state index in [2.05, 4.69) is 15.9 Å². The summed E-state index contributed by atoms with van der Waals surface area (Å²) in [6.45, 7) is 3.66. The Bertz CT molecular complexity index is 1060. The molecule has 0 bridgehead atoms. The zero-order chi connectivity index (χ0) is 18.8. The number of hydrogen-bond acceptors (Lipinski definition) is 8. The number of methoxy groups -OCH3 is 1. The van der Waals surface area contributed by atoms with E-state index in [1.807, 2.05) is 6.26 Å². The minimum atomic E-state index is -0.450. The molecule has 2 aromatic heterocycles. The molecule has 134 valence electrons. The Morgan fingerprint density at radius 1 is 1.42 bits per heavy atom. The Morgan fingerprint density at radius 2 is 2.19 bits per heavy atom. The normalized spacial score (nSPS) is 15.9. The number of aromatic nitrogens is 3. The lowest BCUT2D eigenvalue weighted by molar-refractivity contribution is -0.115. The molecule has 2 heterocycles. The van der Waals surface area contributed by atoms with Crippen molar-refractivity contribution in [1.29, 1.82) is 0 Å². The maximum absolute atomic E-state index is 12.4. The first-order valence-electron chi connectivity index (χ1n) is 7.55. The Morgan fingerprint density at radius 3 is 2.85 bits per heavy atom. The molecule has 2 N–H and O–H groups in total. The molecule has 2 aromatic rings. The van der Waals surface area contributed by atoms with Gasteiger partial charge in [0, 0.05) is 17.1 Å². The fourth-order valence-electron chi connectivity index (χ4n) is 2.55. The van der Waals surface area contributed by atoms with E-state index in [9.17, 15) is 9.59 Å². The third-order valence-electron chi connectivity index (χ3n) is 3.76. The van der Waals surface area contributed by atoms with Crippen LogP contribution < -0.4 is 11.3 Å².